The molecule has 0 aromatic heterocycles. The number of fused-ring (bicyclic) bond motifs is 5. The number of carbonyl (C=O) groups is 3. The summed E-state index contributed by atoms with van der Waals surface area (Å²) in [6.45, 7) is 27.1. The Morgan fingerprint density at radius 3 is 1.91 bits per heavy atom. The van der Waals surface area contributed by atoms with E-state index in [1.807, 2.05) is 40.4 Å². The Kier molecular flexibility index (Phi) is 11.3. The van der Waals surface area contributed by atoms with Crippen molar-refractivity contribution < 1.29 is 53.8 Å². The number of Topliss-reactive ketones (excluding diaryl/α,β-unsaturated/α-hetero) is 1. The molecule has 9 atom stereocenters. The second kappa shape index (κ2) is 16.5. The minimum Gasteiger partial charge on any atom is -0.455 e. The summed E-state index contributed by atoms with van der Waals surface area (Å²) in [5, 5.41) is 14.2. The highest BCUT2D eigenvalue weighted by Gasteiger charge is 2.78. The monoisotopic (exact) mass is 849 g/mol. The molecular weight excluding hydrogens is 773 g/mol. The third-order valence-corrected chi connectivity index (χ3v) is 24.9. The summed E-state index contributed by atoms with van der Waals surface area (Å²) >= 11 is 0. The van der Waals surface area contributed by atoms with Gasteiger partial charge in [0, 0.05) is 25.2 Å². The molecule has 5 rings (SSSR count). The van der Waals surface area contributed by atoms with Crippen LogP contribution in [-0.4, -0.2) is 96.1 Å². The third kappa shape index (κ3) is 7.67. The Balaban J connectivity index is 1.99. The van der Waals surface area contributed by atoms with E-state index in [9.17, 15) is 14.7 Å². The lowest BCUT2D eigenvalue weighted by Crippen LogP contribution is -2.82. The van der Waals surface area contributed by atoms with Gasteiger partial charge < -0.3 is 32.6 Å². The van der Waals surface area contributed by atoms with E-state index in [4.69, 9.17) is 34.3 Å². The fourth-order valence-electron chi connectivity index (χ4n) is 10.7. The molecule has 2 saturated carbocycles. The van der Waals surface area contributed by atoms with Crippen LogP contribution in [0.15, 0.2) is 41.4 Å². The number of esters is 2. The van der Waals surface area contributed by atoms with Gasteiger partial charge in [0.05, 0.1) is 42.6 Å². The number of ketones is 1. The molecule has 1 saturated heterocycles. The number of ether oxygens (including phenoxy) is 3. The molecule has 0 spiro atoms. The molecule has 3 aliphatic carbocycles. The quantitative estimate of drug-likeness (QED) is 0.104. The Bertz CT molecular complexity index is 1920. The maximum Gasteiger partial charge on any atom is 0.338 e. The van der Waals surface area contributed by atoms with Crippen molar-refractivity contribution in [1.29, 1.82) is 0 Å². The molecule has 10 nitrogen and oxygen atoms in total. The van der Waals surface area contributed by atoms with Gasteiger partial charge in [0.1, 0.15) is 23.9 Å². The van der Waals surface area contributed by atoms with Gasteiger partial charge >= 0.3 is 11.9 Å². The minimum atomic E-state index is -2.67. The maximum atomic E-state index is 16.7. The molecular formula is C44H72O10Si3. The summed E-state index contributed by atoms with van der Waals surface area (Å²) in [5.41, 5.74) is -6.30. The van der Waals surface area contributed by atoms with E-state index in [1.165, 1.54) is 6.92 Å². The van der Waals surface area contributed by atoms with Gasteiger partial charge in [0.25, 0.3) is 0 Å². The molecule has 0 unspecified atom stereocenters. The fourth-order valence-corrected chi connectivity index (χ4v) is 17.5. The average molecular weight is 850 g/mol. The van der Waals surface area contributed by atoms with Crippen molar-refractivity contribution >= 4 is 42.7 Å². The number of rotatable bonds is 15. The van der Waals surface area contributed by atoms with E-state index in [2.05, 4.69) is 41.5 Å². The largest absolute Gasteiger partial charge is 0.455 e. The summed E-state index contributed by atoms with van der Waals surface area (Å²) in [6.07, 6.45) is -5.36. The van der Waals surface area contributed by atoms with Crippen molar-refractivity contribution in [2.75, 3.05) is 6.61 Å². The van der Waals surface area contributed by atoms with Gasteiger partial charge in [0.2, 0.25) is 0 Å². The van der Waals surface area contributed by atoms with Crippen LogP contribution >= 0.6 is 0 Å². The van der Waals surface area contributed by atoms with E-state index in [0.717, 1.165) is 41.8 Å². The van der Waals surface area contributed by atoms with E-state index < -0.39 is 131 Å². The SMILES string of the molecule is [2H]c1c([2H])c([2H])c(C(=O)O[C@@H]2[C@H]3[C@@]4(OC(C)=O)CO[C@H]4C[C@@H](O[Si](CC)(CC)CC)[C@]3(C)C(=O)[C@@H](O[Si](CC)(CC)CC)C3=C(C)[C@H](O[Si](C)(C)C)C[C@@]2(O)C3(C)C)c([2H])c1[2H]. The lowest BCUT2D eigenvalue weighted by molar-refractivity contribution is -0.344. The van der Waals surface area contributed by atoms with Crippen molar-refractivity contribution in [3.05, 3.63) is 46.9 Å². The van der Waals surface area contributed by atoms with E-state index in [0.29, 0.717) is 5.57 Å². The van der Waals surface area contributed by atoms with Gasteiger partial charge in [0.15, 0.2) is 36.3 Å². The van der Waals surface area contributed by atoms with E-state index in [-0.39, 0.29) is 25.2 Å². The number of aliphatic hydroxyl groups is 1. The highest BCUT2D eigenvalue weighted by molar-refractivity contribution is 6.74. The molecule has 320 valence electrons. The smallest absolute Gasteiger partial charge is 0.338 e. The first kappa shape index (κ1) is 39.2. The molecule has 1 heterocycles. The van der Waals surface area contributed by atoms with Crippen LogP contribution in [0.5, 0.6) is 0 Å². The van der Waals surface area contributed by atoms with Crippen LogP contribution in [0.25, 0.3) is 0 Å². The Morgan fingerprint density at radius 2 is 1.44 bits per heavy atom. The van der Waals surface area contributed by atoms with Crippen molar-refractivity contribution in [2.24, 2.45) is 16.7 Å². The average Bonchev–Trinajstić information content (AvgIpc) is 3.20. The molecule has 3 fully saturated rings. The predicted molar refractivity (Wildman–Crippen MR) is 230 cm³/mol. The van der Waals surface area contributed by atoms with Gasteiger partial charge in [-0.1, -0.05) is 73.5 Å². The molecule has 4 aliphatic rings. The van der Waals surface area contributed by atoms with Gasteiger partial charge in [-0.05, 0) is 93.0 Å². The zero-order valence-corrected chi connectivity index (χ0v) is 39.9. The Morgan fingerprint density at radius 1 is 0.895 bits per heavy atom. The highest BCUT2D eigenvalue weighted by atomic mass is 28.4. The van der Waals surface area contributed by atoms with E-state index >= 15 is 4.79 Å². The standard InChI is InChI=1S/C44H72O10Si3/c1-15-56(16-2,17-3)53-33-26-34-43(28-49-34,51-30(8)45)37-39(50-40(47)31-24-22-21-23-25-31)44(48)27-32(52-55(12,13)14)29(7)35(41(44,9)10)36(38(46)42(33,37)11)54-57(18-4,19-5)20-6/h21-25,32-34,36-37,39,48H,15-20,26-28H2,1-14H3/t32-,33-,34+,36+,37-,39-,42+,43-,44+/m1/s1/i21D,22D,23D,24D,25D. The Hall–Kier alpha value is -1.98. The van der Waals surface area contributed by atoms with Crippen LogP contribution in [0.2, 0.25) is 55.9 Å². The summed E-state index contributed by atoms with van der Waals surface area (Å²) < 4.78 is 83.8. The fraction of sp³-hybridized carbons (Fsp3) is 0.750. The van der Waals surface area contributed by atoms with Gasteiger partial charge in [-0.15, -0.1) is 0 Å². The number of carbonyl (C=O) groups excluding carboxylic acids is 3. The molecule has 57 heavy (non-hydrogen) atoms. The van der Waals surface area contributed by atoms with E-state index in [1.54, 1.807) is 6.92 Å². The van der Waals surface area contributed by atoms with Gasteiger partial charge in [-0.3, -0.25) is 9.59 Å². The van der Waals surface area contributed by atoms with Crippen molar-refractivity contribution in [3.63, 3.8) is 0 Å². The van der Waals surface area contributed by atoms with Gasteiger partial charge in [-0.2, -0.15) is 0 Å². The first-order valence-electron chi connectivity index (χ1n) is 23.7. The second-order valence-corrected chi connectivity index (χ2v) is 32.6. The summed E-state index contributed by atoms with van der Waals surface area (Å²) in [7, 11) is -7.67. The van der Waals surface area contributed by atoms with Crippen molar-refractivity contribution in [3.8, 4) is 0 Å². The van der Waals surface area contributed by atoms with Crippen molar-refractivity contribution in [2.45, 2.75) is 187 Å². The minimum absolute atomic E-state index is 0.117. The van der Waals surface area contributed by atoms with Crippen LogP contribution in [-0.2, 0) is 37.1 Å². The summed E-state index contributed by atoms with van der Waals surface area (Å²) in [5.74, 6) is -3.65. The lowest BCUT2D eigenvalue weighted by atomic mass is 9.44. The number of hydrogen-bond donors (Lipinski definition) is 1. The molecule has 1 aromatic rings. The first-order chi connectivity index (χ1) is 28.6. The zero-order chi connectivity index (χ0) is 46.9. The van der Waals surface area contributed by atoms with Crippen LogP contribution in [0.3, 0.4) is 0 Å². The normalized spacial score (nSPS) is 35.2. The molecule has 0 amide bonds. The predicted octanol–water partition coefficient (Wildman–Crippen LogP) is 9.00. The summed E-state index contributed by atoms with van der Waals surface area (Å²) in [6, 6.07) is 0.684. The summed E-state index contributed by atoms with van der Waals surface area (Å²) in [4.78, 5) is 45.1. The molecule has 0 radical (unpaired) electrons. The van der Waals surface area contributed by atoms with Crippen LogP contribution < -0.4 is 0 Å². The third-order valence-electron chi connectivity index (χ3n) is 14.7. The van der Waals surface area contributed by atoms with Gasteiger partial charge in [-0.25, -0.2) is 4.79 Å². The number of hydrogen-bond acceptors (Lipinski definition) is 10. The Labute approximate surface area is 352 Å². The van der Waals surface area contributed by atoms with Crippen LogP contribution in [0.1, 0.15) is 106 Å². The second-order valence-electron chi connectivity index (χ2n) is 18.7. The van der Waals surface area contributed by atoms with Crippen molar-refractivity contribution in [1.82, 2.24) is 0 Å². The molecule has 1 N–H and O–H groups in total. The van der Waals surface area contributed by atoms with Crippen LogP contribution in [0, 0.1) is 16.7 Å². The molecule has 1 aliphatic heterocycles. The topological polar surface area (TPSA) is 127 Å². The molecule has 2 bridgehead atoms. The maximum absolute atomic E-state index is 16.7. The first-order valence-corrected chi connectivity index (χ1v) is 29.7. The molecule has 13 heteroatoms. The zero-order valence-electron chi connectivity index (χ0n) is 41.9. The number of benzene rings is 1. The highest BCUT2D eigenvalue weighted by Crippen LogP contribution is 2.65. The van der Waals surface area contributed by atoms with Crippen LogP contribution in [0.4, 0.5) is 0 Å². The molecule has 1 aromatic carbocycles. The lowest BCUT2D eigenvalue weighted by Gasteiger charge is -2.68.